The van der Waals surface area contributed by atoms with Crippen molar-refractivity contribution in [1.82, 2.24) is 5.32 Å². The monoisotopic (exact) mass is 331 g/mol. The fourth-order valence-electron chi connectivity index (χ4n) is 3.01. The third kappa shape index (κ3) is 2.53. The van der Waals surface area contributed by atoms with Crippen molar-refractivity contribution in [2.24, 2.45) is 0 Å². The van der Waals surface area contributed by atoms with E-state index in [1.165, 1.54) is 0 Å². The van der Waals surface area contributed by atoms with Crippen molar-refractivity contribution in [3.8, 4) is 0 Å². The normalized spacial score (nSPS) is 37.0. The maximum Gasteiger partial charge on any atom is 0.308 e. The van der Waals surface area contributed by atoms with E-state index in [9.17, 15) is 18.0 Å². The second-order valence-electron chi connectivity index (χ2n) is 5.71. The molecule has 1 N–H and O–H groups in total. The molecule has 3 fully saturated rings. The molecule has 0 aliphatic carbocycles. The van der Waals surface area contributed by atoms with Gasteiger partial charge in [-0.05, 0) is 13.3 Å². The van der Waals surface area contributed by atoms with Gasteiger partial charge in [-0.1, -0.05) is 6.58 Å². The summed E-state index contributed by atoms with van der Waals surface area (Å²) in [7, 11) is -3.62. The zero-order chi connectivity index (χ0) is 16.1. The van der Waals surface area contributed by atoms with Gasteiger partial charge in [0.2, 0.25) is 5.91 Å². The van der Waals surface area contributed by atoms with E-state index in [0.717, 1.165) is 0 Å². The van der Waals surface area contributed by atoms with E-state index in [4.69, 9.17) is 13.7 Å². The van der Waals surface area contributed by atoms with Crippen LogP contribution in [0.2, 0.25) is 0 Å². The number of hydrogen-bond donors (Lipinski definition) is 1. The van der Waals surface area contributed by atoms with Crippen molar-refractivity contribution in [2.45, 2.75) is 49.4 Å². The Labute approximate surface area is 127 Å². The highest BCUT2D eigenvalue weighted by Crippen LogP contribution is 2.47. The van der Waals surface area contributed by atoms with E-state index >= 15 is 0 Å². The quantitative estimate of drug-likeness (QED) is 0.401. The number of ether oxygens (including phenoxy) is 2. The lowest BCUT2D eigenvalue weighted by molar-refractivity contribution is -0.154. The highest BCUT2D eigenvalue weighted by molar-refractivity contribution is 7.87. The minimum absolute atomic E-state index is 0.0181. The van der Waals surface area contributed by atoms with Gasteiger partial charge in [0.05, 0.1) is 12.5 Å². The van der Waals surface area contributed by atoms with Crippen LogP contribution >= 0.6 is 0 Å². The Hall–Kier alpha value is -1.45. The van der Waals surface area contributed by atoms with E-state index in [-0.39, 0.29) is 25.3 Å². The number of amides is 1. The Bertz CT molecular complexity index is 628. The number of carbonyl (C=O) groups is 2. The van der Waals surface area contributed by atoms with E-state index < -0.39 is 45.8 Å². The molecular weight excluding hydrogens is 314 g/mol. The molecule has 0 aromatic carbocycles. The Balaban J connectivity index is 1.51. The lowest BCUT2D eigenvalue weighted by Gasteiger charge is -2.21. The third-order valence-electron chi connectivity index (χ3n) is 4.06. The van der Waals surface area contributed by atoms with Crippen molar-refractivity contribution in [2.75, 3.05) is 6.54 Å². The molecule has 8 nitrogen and oxygen atoms in total. The van der Waals surface area contributed by atoms with Crippen LogP contribution in [0.5, 0.6) is 0 Å². The van der Waals surface area contributed by atoms with E-state index in [0.29, 0.717) is 5.57 Å². The maximum atomic E-state index is 11.8. The van der Waals surface area contributed by atoms with Gasteiger partial charge < -0.3 is 14.8 Å². The van der Waals surface area contributed by atoms with Gasteiger partial charge in [0, 0.05) is 12.1 Å². The first-order valence-corrected chi connectivity index (χ1v) is 8.47. The molecule has 22 heavy (non-hydrogen) atoms. The van der Waals surface area contributed by atoms with E-state index in [1.54, 1.807) is 6.92 Å². The summed E-state index contributed by atoms with van der Waals surface area (Å²) in [6.07, 6.45) is -2.17. The van der Waals surface area contributed by atoms with Crippen LogP contribution in [0.25, 0.3) is 0 Å². The van der Waals surface area contributed by atoms with Crippen LogP contribution in [0.3, 0.4) is 0 Å². The van der Waals surface area contributed by atoms with Gasteiger partial charge in [0.1, 0.15) is 17.5 Å². The summed E-state index contributed by atoms with van der Waals surface area (Å²) >= 11 is 0. The summed E-state index contributed by atoms with van der Waals surface area (Å²) in [4.78, 5) is 23.1. The molecule has 0 radical (unpaired) electrons. The molecule has 0 saturated carbocycles. The third-order valence-corrected chi connectivity index (χ3v) is 5.76. The van der Waals surface area contributed by atoms with Gasteiger partial charge in [-0.3, -0.25) is 13.8 Å². The number of carbonyl (C=O) groups excluding carboxylic acids is 2. The van der Waals surface area contributed by atoms with Crippen molar-refractivity contribution >= 4 is 22.0 Å². The minimum atomic E-state index is -3.62. The Kier molecular flexibility index (Phi) is 3.74. The van der Waals surface area contributed by atoms with Gasteiger partial charge in [0.25, 0.3) is 10.1 Å². The molecule has 1 amide bonds. The molecule has 3 aliphatic heterocycles. The zero-order valence-electron chi connectivity index (χ0n) is 12.0. The molecule has 3 aliphatic rings. The predicted molar refractivity (Wildman–Crippen MR) is 73.2 cm³/mol. The molecule has 5 unspecified atom stereocenters. The minimum Gasteiger partial charge on any atom is -0.457 e. The van der Waals surface area contributed by atoms with Gasteiger partial charge in [0.15, 0.2) is 6.10 Å². The summed E-state index contributed by atoms with van der Waals surface area (Å²) in [5.41, 5.74) is 0.352. The first kappa shape index (κ1) is 15.4. The number of esters is 1. The summed E-state index contributed by atoms with van der Waals surface area (Å²) in [6.45, 7) is 5.17. The van der Waals surface area contributed by atoms with Crippen LogP contribution in [-0.2, 0) is 33.4 Å². The molecular formula is C13H17NO7S. The first-order valence-electron chi connectivity index (χ1n) is 7.00. The average molecular weight is 331 g/mol. The Morgan fingerprint density at radius 2 is 2.09 bits per heavy atom. The molecule has 3 rings (SSSR count). The number of hydrogen-bond acceptors (Lipinski definition) is 7. The highest BCUT2D eigenvalue weighted by Gasteiger charge is 2.67. The average Bonchev–Trinajstić information content (AvgIpc) is 3.02. The Morgan fingerprint density at radius 1 is 1.36 bits per heavy atom. The fourth-order valence-corrected chi connectivity index (χ4v) is 4.65. The molecule has 2 bridgehead atoms. The van der Waals surface area contributed by atoms with E-state index in [1.807, 2.05) is 0 Å². The topological polar surface area (TPSA) is 108 Å². The lowest BCUT2D eigenvalue weighted by atomic mass is 9.94. The summed E-state index contributed by atoms with van der Waals surface area (Å²) in [5.74, 6) is -0.864. The van der Waals surface area contributed by atoms with Gasteiger partial charge in [-0.15, -0.1) is 0 Å². The number of rotatable bonds is 5. The van der Waals surface area contributed by atoms with Gasteiger partial charge >= 0.3 is 5.97 Å². The zero-order valence-corrected chi connectivity index (χ0v) is 12.8. The van der Waals surface area contributed by atoms with Crippen LogP contribution in [0, 0.1) is 0 Å². The summed E-state index contributed by atoms with van der Waals surface area (Å²) in [5, 5.41) is 1.87. The van der Waals surface area contributed by atoms with Gasteiger partial charge in [-0.25, -0.2) is 0 Å². The van der Waals surface area contributed by atoms with Gasteiger partial charge in [-0.2, -0.15) is 8.42 Å². The van der Waals surface area contributed by atoms with Crippen molar-refractivity contribution < 1.29 is 31.7 Å². The first-order chi connectivity index (χ1) is 10.3. The summed E-state index contributed by atoms with van der Waals surface area (Å²) in [6, 6.07) is 0. The largest absolute Gasteiger partial charge is 0.457 e. The molecule has 5 atom stereocenters. The molecule has 9 heteroatoms. The number of nitrogens with one attached hydrogen (secondary N) is 1. The van der Waals surface area contributed by atoms with Crippen LogP contribution in [-0.4, -0.2) is 56.5 Å². The lowest BCUT2D eigenvalue weighted by Crippen LogP contribution is -2.41. The second-order valence-corrected chi connectivity index (χ2v) is 7.49. The van der Waals surface area contributed by atoms with Crippen LogP contribution in [0.1, 0.15) is 19.8 Å². The van der Waals surface area contributed by atoms with Crippen LogP contribution < -0.4 is 5.32 Å². The van der Waals surface area contributed by atoms with E-state index in [2.05, 4.69) is 11.9 Å². The molecule has 122 valence electrons. The van der Waals surface area contributed by atoms with Crippen molar-refractivity contribution in [1.29, 1.82) is 0 Å². The molecule has 0 aromatic heterocycles. The van der Waals surface area contributed by atoms with Crippen molar-refractivity contribution in [3.63, 3.8) is 0 Å². The summed E-state index contributed by atoms with van der Waals surface area (Å²) < 4.78 is 39.3. The van der Waals surface area contributed by atoms with Crippen molar-refractivity contribution in [3.05, 3.63) is 12.2 Å². The smallest absolute Gasteiger partial charge is 0.308 e. The maximum absolute atomic E-state index is 11.8. The SMILES string of the molecule is C=C(C)C(=O)NCCC(=O)OC1C2CC3C(O2)C1OS3(=O)=O. The van der Waals surface area contributed by atoms with Crippen LogP contribution in [0.4, 0.5) is 0 Å². The Morgan fingerprint density at radius 3 is 2.77 bits per heavy atom. The molecule has 3 heterocycles. The van der Waals surface area contributed by atoms with Crippen LogP contribution in [0.15, 0.2) is 12.2 Å². The fraction of sp³-hybridized carbons (Fsp3) is 0.692. The highest BCUT2D eigenvalue weighted by atomic mass is 32.2. The predicted octanol–water partition coefficient (Wildman–Crippen LogP) is -0.751. The standard InChI is InChI=1S/C13H17NO7S/c1-6(2)13(16)14-4-3-9(15)20-10-7-5-8-11(19-7)12(10)21-22(8,17)18/h7-8,10-12H,1,3-5H2,2H3,(H,14,16). The molecule has 0 aromatic rings. The second kappa shape index (κ2) is 5.32. The molecule has 0 spiro atoms. The molecule has 3 saturated heterocycles. The number of fused-ring (bicyclic) bond motifs is 1.